The average molecular weight is 236 g/mol. The SMILES string of the molecule is CN(CC1CCCOC1)c1ncccc1CO. The zero-order valence-electron chi connectivity index (χ0n) is 10.3. The van der Waals surface area contributed by atoms with Crippen molar-refractivity contribution in [3.05, 3.63) is 23.9 Å². The van der Waals surface area contributed by atoms with Gasteiger partial charge in [-0.3, -0.25) is 0 Å². The van der Waals surface area contributed by atoms with Gasteiger partial charge < -0.3 is 14.7 Å². The van der Waals surface area contributed by atoms with Crippen LogP contribution in [0.3, 0.4) is 0 Å². The second kappa shape index (κ2) is 5.98. The number of aliphatic hydroxyl groups is 1. The molecule has 4 heteroatoms. The van der Waals surface area contributed by atoms with Crippen LogP contribution in [0.4, 0.5) is 5.82 Å². The van der Waals surface area contributed by atoms with Crippen molar-refractivity contribution in [2.75, 3.05) is 31.7 Å². The van der Waals surface area contributed by atoms with Gasteiger partial charge in [0.25, 0.3) is 0 Å². The molecule has 1 aromatic rings. The molecule has 0 aliphatic carbocycles. The number of nitrogens with zero attached hydrogens (tertiary/aromatic N) is 2. The van der Waals surface area contributed by atoms with E-state index in [-0.39, 0.29) is 6.61 Å². The number of anilines is 1. The van der Waals surface area contributed by atoms with Gasteiger partial charge in [-0.15, -0.1) is 0 Å². The molecule has 94 valence electrons. The number of rotatable bonds is 4. The predicted octanol–water partition coefficient (Wildman–Crippen LogP) is 1.44. The molecule has 0 amide bonds. The molecular weight excluding hydrogens is 216 g/mol. The molecule has 1 aliphatic rings. The van der Waals surface area contributed by atoms with Gasteiger partial charge in [-0.05, 0) is 24.8 Å². The van der Waals surface area contributed by atoms with E-state index in [0.29, 0.717) is 5.92 Å². The Morgan fingerprint density at radius 1 is 1.59 bits per heavy atom. The fourth-order valence-electron chi connectivity index (χ4n) is 2.32. The molecule has 4 nitrogen and oxygen atoms in total. The fraction of sp³-hybridized carbons (Fsp3) is 0.615. The quantitative estimate of drug-likeness (QED) is 0.859. The van der Waals surface area contributed by atoms with Gasteiger partial charge >= 0.3 is 0 Å². The molecule has 2 rings (SSSR count). The number of hydrogen-bond acceptors (Lipinski definition) is 4. The predicted molar refractivity (Wildman–Crippen MR) is 67.0 cm³/mol. The Labute approximate surface area is 102 Å². The van der Waals surface area contributed by atoms with Crippen LogP contribution in [0.2, 0.25) is 0 Å². The summed E-state index contributed by atoms with van der Waals surface area (Å²) in [5.41, 5.74) is 0.881. The van der Waals surface area contributed by atoms with Crippen LogP contribution in [-0.2, 0) is 11.3 Å². The Hall–Kier alpha value is -1.13. The average Bonchev–Trinajstić information content (AvgIpc) is 2.40. The second-order valence-electron chi connectivity index (χ2n) is 4.61. The summed E-state index contributed by atoms with van der Waals surface area (Å²) in [4.78, 5) is 6.46. The Kier molecular flexibility index (Phi) is 4.34. The highest BCUT2D eigenvalue weighted by Gasteiger charge is 2.17. The zero-order chi connectivity index (χ0) is 12.1. The Bertz CT molecular complexity index is 351. The summed E-state index contributed by atoms with van der Waals surface area (Å²) in [5, 5.41) is 9.28. The molecule has 1 aromatic heterocycles. The van der Waals surface area contributed by atoms with Gasteiger partial charge in [-0.2, -0.15) is 0 Å². The van der Waals surface area contributed by atoms with Crippen molar-refractivity contribution in [1.29, 1.82) is 0 Å². The van der Waals surface area contributed by atoms with Crippen LogP contribution in [0.5, 0.6) is 0 Å². The minimum absolute atomic E-state index is 0.0364. The third-order valence-electron chi connectivity index (χ3n) is 3.19. The number of hydrogen-bond donors (Lipinski definition) is 1. The summed E-state index contributed by atoms with van der Waals surface area (Å²) in [6.45, 7) is 2.70. The first-order valence-electron chi connectivity index (χ1n) is 6.15. The van der Waals surface area contributed by atoms with Gasteiger partial charge in [0.05, 0.1) is 13.2 Å². The molecule has 2 heterocycles. The highest BCUT2D eigenvalue weighted by molar-refractivity contribution is 5.45. The van der Waals surface area contributed by atoms with Crippen LogP contribution in [-0.4, -0.2) is 36.9 Å². The second-order valence-corrected chi connectivity index (χ2v) is 4.61. The molecule has 0 bridgehead atoms. The summed E-state index contributed by atoms with van der Waals surface area (Å²) in [5.74, 6) is 1.45. The first-order valence-corrected chi connectivity index (χ1v) is 6.15. The van der Waals surface area contributed by atoms with E-state index >= 15 is 0 Å². The zero-order valence-corrected chi connectivity index (χ0v) is 10.3. The van der Waals surface area contributed by atoms with Gasteiger partial charge in [0.1, 0.15) is 5.82 Å². The van der Waals surface area contributed by atoms with Crippen molar-refractivity contribution in [3.8, 4) is 0 Å². The standard InChI is InChI=1S/C13H20N2O2/c1-15(8-11-4-3-7-17-10-11)13-12(9-16)5-2-6-14-13/h2,5-6,11,16H,3-4,7-10H2,1H3. The molecule has 0 aromatic carbocycles. The van der Waals surface area contributed by atoms with E-state index in [0.717, 1.165) is 37.6 Å². The molecule has 1 aliphatic heterocycles. The lowest BCUT2D eigenvalue weighted by atomic mass is 10.0. The minimum Gasteiger partial charge on any atom is -0.392 e. The number of aromatic nitrogens is 1. The lowest BCUT2D eigenvalue weighted by Crippen LogP contribution is -2.31. The largest absolute Gasteiger partial charge is 0.392 e. The van der Waals surface area contributed by atoms with Gasteiger partial charge in [0.2, 0.25) is 0 Å². The lowest BCUT2D eigenvalue weighted by molar-refractivity contribution is 0.0576. The number of ether oxygens (including phenoxy) is 1. The van der Waals surface area contributed by atoms with Gasteiger partial charge in [0, 0.05) is 32.0 Å². The van der Waals surface area contributed by atoms with E-state index < -0.39 is 0 Å². The van der Waals surface area contributed by atoms with Crippen LogP contribution >= 0.6 is 0 Å². The molecule has 1 N–H and O–H groups in total. The Balaban J connectivity index is 2.00. The van der Waals surface area contributed by atoms with Gasteiger partial charge in [-0.25, -0.2) is 4.98 Å². The first-order chi connectivity index (χ1) is 8.31. The third kappa shape index (κ3) is 3.17. The van der Waals surface area contributed by atoms with Crippen LogP contribution in [0, 0.1) is 5.92 Å². The van der Waals surface area contributed by atoms with Crippen LogP contribution in [0.25, 0.3) is 0 Å². The lowest BCUT2D eigenvalue weighted by Gasteiger charge is -2.28. The normalized spacial score (nSPS) is 20.2. The Morgan fingerprint density at radius 2 is 2.47 bits per heavy atom. The minimum atomic E-state index is 0.0364. The molecular formula is C13H20N2O2. The summed E-state index contributed by atoms with van der Waals surface area (Å²) in [7, 11) is 2.02. The highest BCUT2D eigenvalue weighted by Crippen LogP contribution is 2.20. The van der Waals surface area contributed by atoms with E-state index in [4.69, 9.17) is 4.74 Å². The van der Waals surface area contributed by atoms with Crippen molar-refractivity contribution in [2.45, 2.75) is 19.4 Å². The molecule has 17 heavy (non-hydrogen) atoms. The highest BCUT2D eigenvalue weighted by atomic mass is 16.5. The van der Waals surface area contributed by atoms with Crippen molar-refractivity contribution in [2.24, 2.45) is 5.92 Å². The van der Waals surface area contributed by atoms with Crippen molar-refractivity contribution in [1.82, 2.24) is 4.98 Å². The van der Waals surface area contributed by atoms with Crippen LogP contribution < -0.4 is 4.90 Å². The third-order valence-corrected chi connectivity index (χ3v) is 3.19. The maximum atomic E-state index is 9.28. The van der Waals surface area contributed by atoms with Crippen LogP contribution in [0.1, 0.15) is 18.4 Å². The molecule has 0 spiro atoms. The van der Waals surface area contributed by atoms with E-state index in [2.05, 4.69) is 9.88 Å². The molecule has 0 saturated carbocycles. The topological polar surface area (TPSA) is 45.6 Å². The molecule has 1 unspecified atom stereocenters. The summed E-state index contributed by atoms with van der Waals surface area (Å²) >= 11 is 0. The smallest absolute Gasteiger partial charge is 0.133 e. The summed E-state index contributed by atoms with van der Waals surface area (Å²) in [6.07, 6.45) is 4.13. The monoisotopic (exact) mass is 236 g/mol. The fourth-order valence-corrected chi connectivity index (χ4v) is 2.32. The van der Waals surface area contributed by atoms with Crippen molar-refractivity contribution < 1.29 is 9.84 Å². The summed E-state index contributed by atoms with van der Waals surface area (Å²) < 4.78 is 5.48. The Morgan fingerprint density at radius 3 is 3.18 bits per heavy atom. The molecule has 1 atom stereocenters. The van der Waals surface area contributed by atoms with Crippen LogP contribution in [0.15, 0.2) is 18.3 Å². The van der Waals surface area contributed by atoms with E-state index in [1.165, 1.54) is 6.42 Å². The molecule has 1 saturated heterocycles. The van der Waals surface area contributed by atoms with Gasteiger partial charge in [0.15, 0.2) is 0 Å². The maximum Gasteiger partial charge on any atom is 0.133 e. The van der Waals surface area contributed by atoms with E-state index in [1.807, 2.05) is 19.2 Å². The first kappa shape index (κ1) is 12.3. The van der Waals surface area contributed by atoms with Gasteiger partial charge in [-0.1, -0.05) is 6.07 Å². The van der Waals surface area contributed by atoms with Crippen molar-refractivity contribution in [3.63, 3.8) is 0 Å². The van der Waals surface area contributed by atoms with Crippen molar-refractivity contribution >= 4 is 5.82 Å². The molecule has 0 radical (unpaired) electrons. The van der Waals surface area contributed by atoms with E-state index in [9.17, 15) is 5.11 Å². The molecule has 1 fully saturated rings. The maximum absolute atomic E-state index is 9.28. The number of pyridine rings is 1. The van der Waals surface area contributed by atoms with E-state index in [1.54, 1.807) is 6.20 Å². The summed E-state index contributed by atoms with van der Waals surface area (Å²) in [6, 6.07) is 3.77. The number of aliphatic hydroxyl groups excluding tert-OH is 1.